The molecule has 0 radical (unpaired) electrons. The Labute approximate surface area is 163 Å². The van der Waals surface area contributed by atoms with Gasteiger partial charge < -0.3 is 19.3 Å². The number of nitrogens with zero attached hydrogens (tertiary/aromatic N) is 2. The molecule has 28 heavy (non-hydrogen) atoms. The minimum atomic E-state index is -0.593. The maximum absolute atomic E-state index is 12.5. The van der Waals surface area contributed by atoms with Gasteiger partial charge in [-0.1, -0.05) is 30.3 Å². The Morgan fingerprint density at radius 1 is 1.18 bits per heavy atom. The molecule has 0 aliphatic carbocycles. The van der Waals surface area contributed by atoms with Crippen molar-refractivity contribution in [1.29, 1.82) is 0 Å². The summed E-state index contributed by atoms with van der Waals surface area (Å²) < 4.78 is 16.2. The van der Waals surface area contributed by atoms with E-state index in [9.17, 15) is 4.79 Å². The lowest BCUT2D eigenvalue weighted by Crippen LogP contribution is -2.37. The summed E-state index contributed by atoms with van der Waals surface area (Å²) in [6.45, 7) is 3.98. The maximum atomic E-state index is 12.5. The van der Waals surface area contributed by atoms with Crippen LogP contribution in [0.15, 0.2) is 53.1 Å². The van der Waals surface area contributed by atoms with Crippen molar-refractivity contribution in [1.82, 2.24) is 15.5 Å². The minimum Gasteiger partial charge on any atom is -0.497 e. The Bertz CT molecular complexity index is 921. The van der Waals surface area contributed by atoms with E-state index in [1.807, 2.05) is 62.4 Å². The zero-order valence-corrected chi connectivity index (χ0v) is 16.1. The SMILES string of the molecule is CCC(Oc1ccccc1C)C(=O)NCc1nc(-c2ccc(OC)cc2)no1. The van der Waals surface area contributed by atoms with Crippen LogP contribution in [0, 0.1) is 6.92 Å². The van der Waals surface area contributed by atoms with Crippen molar-refractivity contribution in [3.63, 3.8) is 0 Å². The molecular formula is C21H23N3O4. The summed E-state index contributed by atoms with van der Waals surface area (Å²) in [7, 11) is 1.61. The fourth-order valence-corrected chi connectivity index (χ4v) is 2.62. The standard InChI is InChI=1S/C21H23N3O4/c1-4-17(27-18-8-6-5-7-14(18)2)21(25)22-13-19-23-20(24-28-19)15-9-11-16(26-3)12-10-15/h5-12,17H,4,13H2,1-3H3,(H,22,25). The second-order valence-electron chi connectivity index (χ2n) is 6.24. The first-order chi connectivity index (χ1) is 13.6. The van der Waals surface area contributed by atoms with Gasteiger partial charge in [-0.2, -0.15) is 4.98 Å². The van der Waals surface area contributed by atoms with Crippen molar-refractivity contribution < 1.29 is 18.8 Å². The van der Waals surface area contributed by atoms with Gasteiger partial charge in [-0.15, -0.1) is 0 Å². The lowest BCUT2D eigenvalue weighted by atomic mass is 10.2. The van der Waals surface area contributed by atoms with Gasteiger partial charge in [0, 0.05) is 5.56 Å². The number of benzene rings is 2. The van der Waals surface area contributed by atoms with E-state index in [0.29, 0.717) is 23.9 Å². The molecule has 0 bridgehead atoms. The third-order valence-electron chi connectivity index (χ3n) is 4.26. The number of ether oxygens (including phenoxy) is 2. The highest BCUT2D eigenvalue weighted by atomic mass is 16.5. The van der Waals surface area contributed by atoms with Crippen LogP contribution >= 0.6 is 0 Å². The van der Waals surface area contributed by atoms with Crippen molar-refractivity contribution in [2.45, 2.75) is 32.9 Å². The number of hydrogen-bond donors (Lipinski definition) is 1. The number of carbonyl (C=O) groups excluding carboxylic acids is 1. The van der Waals surface area contributed by atoms with E-state index in [2.05, 4.69) is 15.5 Å². The highest BCUT2D eigenvalue weighted by molar-refractivity contribution is 5.81. The van der Waals surface area contributed by atoms with Crippen LogP contribution in [0.5, 0.6) is 11.5 Å². The van der Waals surface area contributed by atoms with Crippen LogP contribution in [0.1, 0.15) is 24.8 Å². The van der Waals surface area contributed by atoms with E-state index in [0.717, 1.165) is 16.9 Å². The average molecular weight is 381 g/mol. The molecule has 0 aliphatic rings. The molecule has 0 saturated heterocycles. The molecule has 3 aromatic rings. The summed E-state index contributed by atoms with van der Waals surface area (Å²) in [4.78, 5) is 16.8. The van der Waals surface area contributed by atoms with Gasteiger partial charge in [-0.3, -0.25) is 4.79 Å². The highest BCUT2D eigenvalue weighted by Crippen LogP contribution is 2.20. The van der Waals surface area contributed by atoms with Gasteiger partial charge in [0.05, 0.1) is 13.7 Å². The quantitative estimate of drug-likeness (QED) is 0.642. The molecule has 1 heterocycles. The molecule has 3 rings (SSSR count). The molecule has 0 spiro atoms. The normalized spacial score (nSPS) is 11.7. The topological polar surface area (TPSA) is 86.5 Å². The van der Waals surface area contributed by atoms with Crippen LogP contribution < -0.4 is 14.8 Å². The second kappa shape index (κ2) is 9.03. The van der Waals surface area contributed by atoms with E-state index in [-0.39, 0.29) is 12.5 Å². The number of para-hydroxylation sites is 1. The number of methoxy groups -OCH3 is 1. The van der Waals surface area contributed by atoms with Gasteiger partial charge in [0.25, 0.3) is 5.91 Å². The average Bonchev–Trinajstić information content (AvgIpc) is 3.20. The molecule has 146 valence electrons. The van der Waals surface area contributed by atoms with Crippen molar-refractivity contribution >= 4 is 5.91 Å². The zero-order chi connectivity index (χ0) is 19.9. The molecule has 1 aromatic heterocycles. The van der Waals surface area contributed by atoms with E-state index in [1.165, 1.54) is 0 Å². The largest absolute Gasteiger partial charge is 0.497 e. The first-order valence-corrected chi connectivity index (χ1v) is 9.07. The van der Waals surface area contributed by atoms with Crippen LogP contribution in [-0.4, -0.2) is 29.3 Å². The lowest BCUT2D eigenvalue weighted by Gasteiger charge is -2.18. The van der Waals surface area contributed by atoms with Gasteiger partial charge in [0.1, 0.15) is 11.5 Å². The number of hydrogen-bond acceptors (Lipinski definition) is 6. The Balaban J connectivity index is 1.59. The maximum Gasteiger partial charge on any atom is 0.261 e. The first kappa shape index (κ1) is 19.4. The van der Waals surface area contributed by atoms with Crippen LogP contribution in [-0.2, 0) is 11.3 Å². The van der Waals surface area contributed by atoms with E-state index >= 15 is 0 Å². The summed E-state index contributed by atoms with van der Waals surface area (Å²) in [5, 5.41) is 6.75. The van der Waals surface area contributed by atoms with Crippen molar-refractivity contribution in [3.05, 3.63) is 60.0 Å². The molecule has 1 N–H and O–H groups in total. The second-order valence-corrected chi connectivity index (χ2v) is 6.24. The summed E-state index contributed by atoms with van der Waals surface area (Å²) in [5.41, 5.74) is 1.78. The number of carbonyl (C=O) groups is 1. The third-order valence-corrected chi connectivity index (χ3v) is 4.26. The monoisotopic (exact) mass is 381 g/mol. The number of amides is 1. The highest BCUT2D eigenvalue weighted by Gasteiger charge is 2.20. The van der Waals surface area contributed by atoms with E-state index in [4.69, 9.17) is 14.0 Å². The predicted molar refractivity (Wildman–Crippen MR) is 104 cm³/mol. The Kier molecular flexibility index (Phi) is 6.26. The van der Waals surface area contributed by atoms with Crippen molar-refractivity contribution in [2.75, 3.05) is 7.11 Å². The molecular weight excluding hydrogens is 358 g/mol. The van der Waals surface area contributed by atoms with Gasteiger partial charge in [-0.25, -0.2) is 0 Å². The van der Waals surface area contributed by atoms with Crippen LogP contribution in [0.25, 0.3) is 11.4 Å². The van der Waals surface area contributed by atoms with Crippen LogP contribution in [0.2, 0.25) is 0 Å². The molecule has 1 amide bonds. The Hall–Kier alpha value is -3.35. The van der Waals surface area contributed by atoms with Gasteiger partial charge >= 0.3 is 0 Å². The Morgan fingerprint density at radius 3 is 2.61 bits per heavy atom. The molecule has 7 nitrogen and oxygen atoms in total. The minimum absolute atomic E-state index is 0.135. The van der Waals surface area contributed by atoms with Gasteiger partial charge in [-0.05, 0) is 49.2 Å². The molecule has 0 fully saturated rings. The van der Waals surface area contributed by atoms with Gasteiger partial charge in [0.15, 0.2) is 6.10 Å². The zero-order valence-electron chi connectivity index (χ0n) is 16.1. The number of aromatic nitrogens is 2. The summed E-state index contributed by atoms with van der Waals surface area (Å²) >= 11 is 0. The lowest BCUT2D eigenvalue weighted by molar-refractivity contribution is -0.128. The van der Waals surface area contributed by atoms with Gasteiger partial charge in [0.2, 0.25) is 11.7 Å². The van der Waals surface area contributed by atoms with Crippen molar-refractivity contribution in [2.24, 2.45) is 0 Å². The van der Waals surface area contributed by atoms with Crippen molar-refractivity contribution in [3.8, 4) is 22.9 Å². The Morgan fingerprint density at radius 2 is 1.93 bits per heavy atom. The number of aryl methyl sites for hydroxylation is 1. The summed E-state index contributed by atoms with van der Waals surface area (Å²) in [6.07, 6.45) is -0.0498. The summed E-state index contributed by atoms with van der Waals surface area (Å²) in [6, 6.07) is 14.9. The summed E-state index contributed by atoms with van der Waals surface area (Å²) in [5.74, 6) is 2.00. The number of rotatable bonds is 8. The van der Waals surface area contributed by atoms with Crippen LogP contribution in [0.3, 0.4) is 0 Å². The van der Waals surface area contributed by atoms with Crippen LogP contribution in [0.4, 0.5) is 0 Å². The molecule has 2 aromatic carbocycles. The fourth-order valence-electron chi connectivity index (χ4n) is 2.62. The van der Waals surface area contributed by atoms with E-state index < -0.39 is 6.10 Å². The molecule has 1 atom stereocenters. The molecule has 0 saturated carbocycles. The first-order valence-electron chi connectivity index (χ1n) is 9.07. The molecule has 0 aliphatic heterocycles. The smallest absolute Gasteiger partial charge is 0.261 e. The predicted octanol–water partition coefficient (Wildman–Crippen LogP) is 3.53. The van der Waals surface area contributed by atoms with E-state index in [1.54, 1.807) is 7.11 Å². The fraction of sp³-hybridized carbons (Fsp3) is 0.286. The molecule has 7 heteroatoms. The number of nitrogens with one attached hydrogen (secondary N) is 1. The molecule has 1 unspecified atom stereocenters. The third kappa shape index (κ3) is 4.68.